The Bertz CT molecular complexity index is 1420. The highest BCUT2D eigenvalue weighted by atomic mass is 35.5. The van der Waals surface area contributed by atoms with E-state index in [1.54, 1.807) is 42.5 Å². The number of rotatable bonds is 5. The molecule has 2 amide bonds. The summed E-state index contributed by atoms with van der Waals surface area (Å²) < 4.78 is 10.9. The van der Waals surface area contributed by atoms with Gasteiger partial charge in [0.15, 0.2) is 11.5 Å². The molecule has 1 aromatic heterocycles. The van der Waals surface area contributed by atoms with Crippen molar-refractivity contribution >= 4 is 28.9 Å². The average Bonchev–Trinajstić information content (AvgIpc) is 3.35. The Balaban J connectivity index is 1.66. The average molecular weight is 489 g/mol. The van der Waals surface area contributed by atoms with Crippen LogP contribution in [-0.4, -0.2) is 28.4 Å². The van der Waals surface area contributed by atoms with Crippen molar-refractivity contribution in [3.8, 4) is 22.9 Å². The molecule has 9 heteroatoms. The molecule has 35 heavy (non-hydrogen) atoms. The monoisotopic (exact) mass is 488 g/mol. The van der Waals surface area contributed by atoms with Gasteiger partial charge in [-0.3, -0.25) is 4.90 Å². The first-order valence-electron chi connectivity index (χ1n) is 10.8. The number of allylic oxidation sites excluding steroid dienone is 1. The molecule has 1 unspecified atom stereocenters. The standard InChI is InChI=1S/C26H21ClN4O4/c1-15-22(25-29-24(30-35-25)16-6-4-3-5-7-16)23(17-8-13-21(34-2)20(32)14-17)28-26(33)31(15)19-11-9-18(27)10-12-19/h3-14,23,32H,1-2H3,(H,28,33). The number of carbonyl (C=O) groups is 1. The zero-order valence-corrected chi connectivity index (χ0v) is 19.7. The molecule has 0 saturated heterocycles. The number of hydrogen-bond donors (Lipinski definition) is 2. The Morgan fingerprint density at radius 1 is 1.09 bits per heavy atom. The molecule has 5 rings (SSSR count). The molecule has 0 fully saturated rings. The maximum absolute atomic E-state index is 13.3. The molecule has 2 heterocycles. The Hall–Kier alpha value is -4.30. The number of halogens is 1. The van der Waals surface area contributed by atoms with Crippen LogP contribution in [0.15, 0.2) is 83.0 Å². The number of aromatic nitrogens is 2. The van der Waals surface area contributed by atoms with Crippen LogP contribution in [-0.2, 0) is 0 Å². The van der Waals surface area contributed by atoms with Crippen LogP contribution in [0.1, 0.15) is 24.4 Å². The molecule has 1 atom stereocenters. The second kappa shape index (κ2) is 9.15. The minimum atomic E-state index is -0.660. The van der Waals surface area contributed by atoms with Crippen LogP contribution >= 0.6 is 11.6 Å². The van der Waals surface area contributed by atoms with E-state index in [0.717, 1.165) is 5.56 Å². The van der Waals surface area contributed by atoms with Gasteiger partial charge < -0.3 is 19.7 Å². The number of carbonyl (C=O) groups excluding carboxylic acids is 1. The van der Waals surface area contributed by atoms with Gasteiger partial charge in [0.25, 0.3) is 5.89 Å². The van der Waals surface area contributed by atoms with Crippen molar-refractivity contribution in [3.63, 3.8) is 0 Å². The summed E-state index contributed by atoms with van der Waals surface area (Å²) in [5, 5.41) is 18.1. The second-order valence-electron chi connectivity index (χ2n) is 7.91. The smallest absolute Gasteiger partial charge is 0.326 e. The lowest BCUT2D eigenvalue weighted by Gasteiger charge is -2.35. The fourth-order valence-electron chi connectivity index (χ4n) is 4.10. The molecule has 4 aromatic rings. The molecule has 0 aliphatic carbocycles. The highest BCUT2D eigenvalue weighted by Gasteiger charge is 2.36. The predicted octanol–water partition coefficient (Wildman–Crippen LogP) is 5.81. The molecule has 176 valence electrons. The van der Waals surface area contributed by atoms with Crippen LogP contribution in [0.2, 0.25) is 5.02 Å². The van der Waals surface area contributed by atoms with Crippen molar-refractivity contribution in [3.05, 3.63) is 95.0 Å². The number of urea groups is 1. The Morgan fingerprint density at radius 2 is 1.83 bits per heavy atom. The minimum Gasteiger partial charge on any atom is -0.504 e. The van der Waals surface area contributed by atoms with Crippen LogP contribution in [0.3, 0.4) is 0 Å². The Morgan fingerprint density at radius 3 is 2.51 bits per heavy atom. The van der Waals surface area contributed by atoms with Crippen molar-refractivity contribution in [2.45, 2.75) is 13.0 Å². The summed E-state index contributed by atoms with van der Waals surface area (Å²) in [6.45, 7) is 1.81. The number of phenols is 1. The molecular formula is C26H21ClN4O4. The van der Waals surface area contributed by atoms with E-state index < -0.39 is 6.04 Å². The summed E-state index contributed by atoms with van der Waals surface area (Å²) in [7, 11) is 1.47. The van der Waals surface area contributed by atoms with E-state index in [2.05, 4.69) is 15.5 Å². The molecular weight excluding hydrogens is 468 g/mol. The van der Waals surface area contributed by atoms with Gasteiger partial charge in [-0.25, -0.2) is 4.79 Å². The van der Waals surface area contributed by atoms with Gasteiger partial charge in [-0.2, -0.15) is 4.98 Å². The zero-order chi connectivity index (χ0) is 24.5. The van der Waals surface area contributed by atoms with Crippen molar-refractivity contribution in [2.75, 3.05) is 12.0 Å². The van der Waals surface area contributed by atoms with Crippen molar-refractivity contribution in [1.82, 2.24) is 15.5 Å². The fraction of sp³-hybridized carbons (Fsp3) is 0.115. The van der Waals surface area contributed by atoms with Gasteiger partial charge in [-0.05, 0) is 48.9 Å². The number of benzene rings is 3. The van der Waals surface area contributed by atoms with Gasteiger partial charge in [-0.1, -0.05) is 53.2 Å². The van der Waals surface area contributed by atoms with Crippen molar-refractivity contribution < 1.29 is 19.2 Å². The van der Waals surface area contributed by atoms with E-state index >= 15 is 0 Å². The van der Waals surface area contributed by atoms with Gasteiger partial charge in [-0.15, -0.1) is 0 Å². The SMILES string of the molecule is COc1ccc(C2NC(=O)N(c3ccc(Cl)cc3)C(C)=C2c2nc(-c3ccccc3)no2)cc1O. The van der Waals surface area contributed by atoms with Gasteiger partial charge in [0.05, 0.1) is 24.4 Å². The first kappa shape index (κ1) is 22.5. The number of nitrogens with zero attached hydrogens (tertiary/aromatic N) is 3. The second-order valence-corrected chi connectivity index (χ2v) is 8.35. The van der Waals surface area contributed by atoms with E-state index in [0.29, 0.717) is 39.1 Å². The number of anilines is 1. The third-order valence-corrected chi connectivity index (χ3v) is 6.05. The van der Waals surface area contributed by atoms with Crippen LogP contribution in [0, 0.1) is 0 Å². The first-order chi connectivity index (χ1) is 17.0. The van der Waals surface area contributed by atoms with Crippen LogP contribution in [0.25, 0.3) is 17.0 Å². The molecule has 0 saturated carbocycles. The number of nitrogens with one attached hydrogen (secondary N) is 1. The lowest BCUT2D eigenvalue weighted by molar-refractivity contribution is 0.244. The lowest BCUT2D eigenvalue weighted by atomic mass is 9.94. The van der Waals surface area contributed by atoms with Gasteiger partial charge in [0.1, 0.15) is 0 Å². The van der Waals surface area contributed by atoms with Crippen molar-refractivity contribution in [2.24, 2.45) is 0 Å². The third-order valence-electron chi connectivity index (χ3n) is 5.79. The fourth-order valence-corrected chi connectivity index (χ4v) is 4.22. The highest BCUT2D eigenvalue weighted by Crippen LogP contribution is 2.41. The number of amides is 2. The zero-order valence-electron chi connectivity index (χ0n) is 18.9. The number of hydrogen-bond acceptors (Lipinski definition) is 6. The number of phenolic OH excluding ortho intramolecular Hbond substituents is 1. The molecule has 1 aliphatic heterocycles. The first-order valence-corrected chi connectivity index (χ1v) is 11.2. The largest absolute Gasteiger partial charge is 0.504 e. The van der Waals surface area contributed by atoms with E-state index in [9.17, 15) is 9.90 Å². The quantitative estimate of drug-likeness (QED) is 0.368. The number of ether oxygens (including phenoxy) is 1. The number of methoxy groups -OCH3 is 1. The van der Waals surface area contributed by atoms with Gasteiger partial charge >= 0.3 is 6.03 Å². The van der Waals surface area contributed by atoms with Crippen LogP contribution < -0.4 is 15.0 Å². The summed E-state index contributed by atoms with van der Waals surface area (Å²) in [6.07, 6.45) is 0. The Kier molecular flexibility index (Phi) is 5.88. The summed E-state index contributed by atoms with van der Waals surface area (Å²) in [4.78, 5) is 19.4. The third kappa shape index (κ3) is 4.20. The predicted molar refractivity (Wildman–Crippen MR) is 132 cm³/mol. The molecule has 1 aliphatic rings. The van der Waals surface area contributed by atoms with Crippen LogP contribution in [0.5, 0.6) is 11.5 Å². The topological polar surface area (TPSA) is 101 Å². The van der Waals surface area contributed by atoms with E-state index in [1.807, 2.05) is 37.3 Å². The highest BCUT2D eigenvalue weighted by molar-refractivity contribution is 6.30. The molecule has 0 radical (unpaired) electrons. The molecule has 2 N–H and O–H groups in total. The molecule has 0 spiro atoms. The summed E-state index contributed by atoms with van der Waals surface area (Å²) in [5.41, 5.74) is 3.24. The molecule has 3 aromatic carbocycles. The van der Waals surface area contributed by atoms with Gasteiger partial charge in [0.2, 0.25) is 5.82 Å². The number of aromatic hydroxyl groups is 1. The summed E-state index contributed by atoms with van der Waals surface area (Å²) >= 11 is 6.05. The molecule has 8 nitrogen and oxygen atoms in total. The maximum Gasteiger partial charge on any atom is 0.326 e. The summed E-state index contributed by atoms with van der Waals surface area (Å²) in [6, 6.07) is 20.3. The van der Waals surface area contributed by atoms with Gasteiger partial charge in [0, 0.05) is 16.3 Å². The Labute approximate surface area is 206 Å². The van der Waals surface area contributed by atoms with Crippen LogP contribution in [0.4, 0.5) is 10.5 Å². The minimum absolute atomic E-state index is 0.0492. The van der Waals surface area contributed by atoms with E-state index in [1.165, 1.54) is 12.0 Å². The summed E-state index contributed by atoms with van der Waals surface area (Å²) in [5.74, 6) is 0.949. The normalized spacial score (nSPS) is 15.8. The maximum atomic E-state index is 13.3. The van der Waals surface area contributed by atoms with Crippen molar-refractivity contribution in [1.29, 1.82) is 0 Å². The molecule has 0 bridgehead atoms. The lowest BCUT2D eigenvalue weighted by Crippen LogP contribution is -2.46. The van der Waals surface area contributed by atoms with E-state index in [4.69, 9.17) is 20.9 Å². The van der Waals surface area contributed by atoms with E-state index in [-0.39, 0.29) is 17.7 Å².